The van der Waals surface area contributed by atoms with Crippen LogP contribution >= 0.6 is 0 Å². The lowest BCUT2D eigenvalue weighted by atomic mass is 9.51. The first-order valence-corrected chi connectivity index (χ1v) is 10.6. The van der Waals surface area contributed by atoms with Crippen LogP contribution in [0.25, 0.3) is 0 Å². The van der Waals surface area contributed by atoms with E-state index in [4.69, 9.17) is 19.4 Å². The number of hydrogen-bond acceptors (Lipinski definition) is 6. The predicted molar refractivity (Wildman–Crippen MR) is 121 cm³/mol. The van der Waals surface area contributed by atoms with Crippen LogP contribution in [0.4, 0.5) is 0 Å². The van der Waals surface area contributed by atoms with Crippen LogP contribution in [0.15, 0.2) is 85.5 Å². The molecule has 0 N–H and O–H groups in total. The van der Waals surface area contributed by atoms with Crippen molar-refractivity contribution in [1.82, 2.24) is 19.9 Å². The average molecular weight is 425 g/mol. The molecule has 5 rings (SSSR count). The van der Waals surface area contributed by atoms with Crippen molar-refractivity contribution in [2.75, 3.05) is 14.2 Å². The molecule has 4 atom stereocenters. The van der Waals surface area contributed by atoms with Gasteiger partial charge in [0.1, 0.15) is 0 Å². The van der Waals surface area contributed by atoms with Gasteiger partial charge in [0, 0.05) is 36.1 Å². The molecular weight excluding hydrogens is 400 g/mol. The standard InChI is InChI=1S/C26H24N4O2/c1-31-21-15-27-13-19(29-21)25-23(17-9-5-3-6-10-17)24(18-11-7-4-8-12-18)26(25)20-14-28-16-22(30-20)32-2/h3-16,23-26H,1-2H3. The van der Waals surface area contributed by atoms with E-state index in [0.717, 1.165) is 11.4 Å². The first-order valence-electron chi connectivity index (χ1n) is 10.6. The number of nitrogens with zero attached hydrogens (tertiary/aromatic N) is 4. The zero-order valence-corrected chi connectivity index (χ0v) is 18.0. The quantitative estimate of drug-likeness (QED) is 0.446. The lowest BCUT2D eigenvalue weighted by Gasteiger charge is -2.52. The van der Waals surface area contributed by atoms with Crippen LogP contribution in [0.2, 0.25) is 0 Å². The minimum absolute atomic E-state index is 0.0617. The number of benzene rings is 2. The summed E-state index contributed by atoms with van der Waals surface area (Å²) < 4.78 is 10.8. The van der Waals surface area contributed by atoms with E-state index >= 15 is 0 Å². The molecule has 1 fully saturated rings. The molecule has 2 aromatic heterocycles. The summed E-state index contributed by atoms with van der Waals surface area (Å²) in [6.45, 7) is 0. The van der Waals surface area contributed by atoms with Crippen molar-refractivity contribution in [1.29, 1.82) is 0 Å². The van der Waals surface area contributed by atoms with Crippen molar-refractivity contribution >= 4 is 0 Å². The average Bonchev–Trinajstić information content (AvgIpc) is 2.85. The Bertz CT molecular complexity index is 1090. The molecule has 0 spiro atoms. The molecule has 160 valence electrons. The van der Waals surface area contributed by atoms with Crippen LogP contribution < -0.4 is 9.47 Å². The van der Waals surface area contributed by atoms with Crippen molar-refractivity contribution in [3.63, 3.8) is 0 Å². The molecule has 2 aromatic carbocycles. The molecule has 4 aromatic rings. The maximum atomic E-state index is 5.38. The van der Waals surface area contributed by atoms with Crippen molar-refractivity contribution in [3.8, 4) is 11.8 Å². The summed E-state index contributed by atoms with van der Waals surface area (Å²) in [5.74, 6) is 1.55. The van der Waals surface area contributed by atoms with Crippen LogP contribution in [-0.2, 0) is 0 Å². The van der Waals surface area contributed by atoms with E-state index in [1.165, 1.54) is 11.1 Å². The van der Waals surface area contributed by atoms with Gasteiger partial charge in [-0.05, 0) is 11.1 Å². The Labute approximate surface area is 187 Å². The first-order chi connectivity index (χ1) is 15.8. The monoisotopic (exact) mass is 424 g/mol. The molecule has 1 saturated carbocycles. The summed E-state index contributed by atoms with van der Waals surface area (Å²) in [4.78, 5) is 18.3. The van der Waals surface area contributed by atoms with Crippen molar-refractivity contribution in [3.05, 3.63) is 108 Å². The summed E-state index contributed by atoms with van der Waals surface area (Å²) >= 11 is 0. The van der Waals surface area contributed by atoms with Crippen LogP contribution in [0.1, 0.15) is 46.2 Å². The summed E-state index contributed by atoms with van der Waals surface area (Å²) in [5, 5.41) is 0. The van der Waals surface area contributed by atoms with E-state index in [1.807, 2.05) is 24.5 Å². The summed E-state index contributed by atoms with van der Waals surface area (Å²) in [7, 11) is 3.22. The number of rotatable bonds is 6. The second-order valence-corrected chi connectivity index (χ2v) is 7.90. The van der Waals surface area contributed by atoms with Gasteiger partial charge in [-0.1, -0.05) is 60.7 Å². The Morgan fingerprint density at radius 1 is 0.531 bits per heavy atom. The highest BCUT2D eigenvalue weighted by Gasteiger charge is 2.54. The largest absolute Gasteiger partial charge is 0.480 e. The number of ether oxygens (including phenoxy) is 2. The molecule has 0 radical (unpaired) electrons. The fourth-order valence-corrected chi connectivity index (χ4v) is 4.91. The van der Waals surface area contributed by atoms with Crippen LogP contribution in [0, 0.1) is 0 Å². The number of aromatic nitrogens is 4. The lowest BCUT2D eigenvalue weighted by Crippen LogP contribution is -2.41. The first kappa shape index (κ1) is 20.1. The SMILES string of the molecule is COc1cncc(C2C(c3ccccc3)C(c3ccccc3)C2c2cncc(OC)n2)n1. The molecule has 1 aliphatic carbocycles. The Morgan fingerprint density at radius 2 is 0.938 bits per heavy atom. The fourth-order valence-electron chi connectivity index (χ4n) is 4.91. The van der Waals surface area contributed by atoms with Gasteiger partial charge >= 0.3 is 0 Å². The van der Waals surface area contributed by atoms with Gasteiger partial charge in [0.25, 0.3) is 0 Å². The third kappa shape index (κ3) is 3.58. The highest BCUT2D eigenvalue weighted by molar-refractivity contribution is 5.45. The number of methoxy groups -OCH3 is 2. The van der Waals surface area contributed by atoms with E-state index in [2.05, 4.69) is 58.5 Å². The third-order valence-corrected chi connectivity index (χ3v) is 6.28. The lowest BCUT2D eigenvalue weighted by molar-refractivity contribution is 0.216. The maximum Gasteiger partial charge on any atom is 0.232 e. The molecule has 0 amide bonds. The predicted octanol–water partition coefficient (Wildman–Crippen LogP) is 4.73. The van der Waals surface area contributed by atoms with Crippen LogP contribution in [-0.4, -0.2) is 34.2 Å². The highest BCUT2D eigenvalue weighted by Crippen LogP contribution is 2.65. The molecule has 0 aliphatic heterocycles. The van der Waals surface area contributed by atoms with Crippen molar-refractivity contribution in [2.24, 2.45) is 0 Å². The Balaban J connectivity index is 1.69. The second kappa shape index (κ2) is 8.75. The van der Waals surface area contributed by atoms with Gasteiger partial charge in [0.05, 0.1) is 38.0 Å². The molecule has 6 heteroatoms. The Hall–Kier alpha value is -3.80. The highest BCUT2D eigenvalue weighted by atomic mass is 16.5. The Morgan fingerprint density at radius 3 is 1.31 bits per heavy atom. The van der Waals surface area contributed by atoms with Gasteiger partial charge in [0.15, 0.2) is 0 Å². The van der Waals surface area contributed by atoms with Crippen molar-refractivity contribution in [2.45, 2.75) is 23.7 Å². The number of hydrogen-bond donors (Lipinski definition) is 0. The fraction of sp³-hybridized carbons (Fsp3) is 0.231. The summed E-state index contributed by atoms with van der Waals surface area (Å²) in [6, 6.07) is 21.2. The van der Waals surface area contributed by atoms with E-state index in [-0.39, 0.29) is 23.7 Å². The Kier molecular flexibility index (Phi) is 5.50. The molecule has 1 aliphatic rings. The molecule has 6 nitrogen and oxygen atoms in total. The van der Waals surface area contributed by atoms with Gasteiger partial charge in [-0.3, -0.25) is 9.97 Å². The molecule has 0 saturated heterocycles. The molecule has 32 heavy (non-hydrogen) atoms. The maximum absolute atomic E-state index is 5.38. The third-order valence-electron chi connectivity index (χ3n) is 6.28. The van der Waals surface area contributed by atoms with Crippen LogP contribution in [0.5, 0.6) is 11.8 Å². The topological polar surface area (TPSA) is 70.0 Å². The van der Waals surface area contributed by atoms with Gasteiger partial charge in [-0.25, -0.2) is 9.97 Å². The molecule has 2 heterocycles. The van der Waals surface area contributed by atoms with Gasteiger partial charge in [0.2, 0.25) is 11.8 Å². The molecule has 4 unspecified atom stereocenters. The van der Waals surface area contributed by atoms with E-state index < -0.39 is 0 Å². The molecule has 0 bridgehead atoms. The zero-order valence-electron chi connectivity index (χ0n) is 18.0. The van der Waals surface area contributed by atoms with Gasteiger partial charge < -0.3 is 9.47 Å². The minimum Gasteiger partial charge on any atom is -0.480 e. The zero-order chi connectivity index (χ0) is 21.9. The van der Waals surface area contributed by atoms with Gasteiger partial charge in [-0.15, -0.1) is 0 Å². The van der Waals surface area contributed by atoms with E-state index in [9.17, 15) is 0 Å². The minimum atomic E-state index is 0.0617. The second-order valence-electron chi connectivity index (χ2n) is 7.90. The van der Waals surface area contributed by atoms with E-state index in [1.54, 1.807) is 26.6 Å². The van der Waals surface area contributed by atoms with E-state index in [0.29, 0.717) is 11.8 Å². The summed E-state index contributed by atoms with van der Waals surface area (Å²) in [5.41, 5.74) is 4.31. The summed E-state index contributed by atoms with van der Waals surface area (Å²) in [6.07, 6.45) is 6.94. The molecular formula is C26H24N4O2. The van der Waals surface area contributed by atoms with Gasteiger partial charge in [-0.2, -0.15) is 0 Å². The normalized spacial score (nSPS) is 22.1. The smallest absolute Gasteiger partial charge is 0.232 e. The van der Waals surface area contributed by atoms with Crippen LogP contribution in [0.3, 0.4) is 0 Å². The van der Waals surface area contributed by atoms with Crippen molar-refractivity contribution < 1.29 is 9.47 Å².